The first-order chi connectivity index (χ1) is 12.9. The van der Waals surface area contributed by atoms with E-state index in [9.17, 15) is 0 Å². The normalized spacial score (nSPS) is 47.5. The molecule has 4 fully saturated rings. The van der Waals surface area contributed by atoms with Crippen LogP contribution in [0, 0.1) is 46.3 Å². The maximum Gasteiger partial charge on any atom is -0.0264 e. The first-order valence-electron chi connectivity index (χ1n) is 12.5. The van der Waals surface area contributed by atoms with E-state index in [1.54, 1.807) is 44.9 Å². The highest BCUT2D eigenvalue weighted by Crippen LogP contribution is 2.68. The summed E-state index contributed by atoms with van der Waals surface area (Å²) in [6.45, 7) is 12.5. The molecule has 0 aromatic rings. The molecule has 0 radical (unpaired) electrons. The van der Waals surface area contributed by atoms with Gasteiger partial charge in [0.15, 0.2) is 0 Å². The predicted molar refractivity (Wildman–Crippen MR) is 118 cm³/mol. The second-order valence-corrected chi connectivity index (χ2v) is 12.0. The van der Waals surface area contributed by atoms with Crippen molar-refractivity contribution in [3.63, 3.8) is 0 Å². The third-order valence-corrected chi connectivity index (χ3v) is 10.5. The van der Waals surface area contributed by atoms with Gasteiger partial charge in [0.2, 0.25) is 0 Å². The van der Waals surface area contributed by atoms with Gasteiger partial charge in [-0.25, -0.2) is 0 Å². The minimum absolute atomic E-state index is 0.656. The van der Waals surface area contributed by atoms with Crippen LogP contribution in [-0.4, -0.2) is 0 Å². The molecule has 27 heavy (non-hydrogen) atoms. The van der Waals surface area contributed by atoms with Crippen LogP contribution in [0.3, 0.4) is 0 Å². The van der Waals surface area contributed by atoms with Gasteiger partial charge in [-0.2, -0.15) is 0 Å². The molecule has 0 heterocycles. The number of fused-ring (bicyclic) bond motifs is 5. The molecule has 0 aromatic carbocycles. The number of hydrogen-bond donors (Lipinski definition) is 0. The Bertz CT molecular complexity index is 554. The molecule has 0 spiro atoms. The first kappa shape index (κ1) is 20.0. The van der Waals surface area contributed by atoms with Crippen LogP contribution in [0.4, 0.5) is 0 Å². The molecule has 154 valence electrons. The predicted octanol–water partition coefficient (Wildman–Crippen LogP) is 8.42. The van der Waals surface area contributed by atoms with Crippen LogP contribution in [0.5, 0.6) is 0 Å². The fourth-order valence-electron chi connectivity index (χ4n) is 9.11. The molecule has 0 aliphatic heterocycles. The average Bonchev–Trinajstić information content (AvgIpc) is 2.98. The highest BCUT2D eigenvalue weighted by atomic mass is 14.6. The van der Waals surface area contributed by atoms with Crippen LogP contribution in [0.2, 0.25) is 0 Å². The Kier molecular flexibility index (Phi) is 5.59. The zero-order valence-corrected chi connectivity index (χ0v) is 19.0. The summed E-state index contributed by atoms with van der Waals surface area (Å²) in [6.07, 6.45) is 20.6. The standard InChI is InChI=1S/C27H46/c1-19(2)9-8-10-20(3)23-14-15-24-22-13-12-21-11-6-7-17-26(21,4)25(22)16-18-27(23,24)5/h9,20-25H,6-8,10-18H2,1-5H3/t20-,21?,22?,23?,24?,25?,26?,27?/m1/s1. The van der Waals surface area contributed by atoms with Gasteiger partial charge in [-0.1, -0.05) is 45.3 Å². The Morgan fingerprint density at radius 1 is 0.889 bits per heavy atom. The van der Waals surface area contributed by atoms with Crippen molar-refractivity contribution in [3.8, 4) is 0 Å². The van der Waals surface area contributed by atoms with Gasteiger partial charge in [0.05, 0.1) is 0 Å². The van der Waals surface area contributed by atoms with Gasteiger partial charge in [0, 0.05) is 0 Å². The molecule has 0 N–H and O–H groups in total. The lowest BCUT2D eigenvalue weighted by molar-refractivity contribution is -0.114. The van der Waals surface area contributed by atoms with Crippen molar-refractivity contribution in [3.05, 3.63) is 11.6 Å². The SMILES string of the molecule is CC(C)=CCC[C@@H](C)C1CCC2C3CCC4CCCCC4(C)C3CCC21C. The molecule has 7 unspecified atom stereocenters. The van der Waals surface area contributed by atoms with E-state index in [-0.39, 0.29) is 0 Å². The van der Waals surface area contributed by atoms with Gasteiger partial charge in [0.25, 0.3) is 0 Å². The highest BCUT2D eigenvalue weighted by molar-refractivity contribution is 5.09. The maximum atomic E-state index is 2.73. The Morgan fingerprint density at radius 3 is 2.44 bits per heavy atom. The van der Waals surface area contributed by atoms with Crippen molar-refractivity contribution in [2.45, 2.75) is 112 Å². The monoisotopic (exact) mass is 370 g/mol. The van der Waals surface area contributed by atoms with Crippen molar-refractivity contribution in [1.29, 1.82) is 0 Å². The molecular formula is C27H46. The Balaban J connectivity index is 1.49. The quantitative estimate of drug-likeness (QED) is 0.436. The zero-order chi connectivity index (χ0) is 19.2. The largest absolute Gasteiger partial charge is 0.0859 e. The third-order valence-electron chi connectivity index (χ3n) is 10.5. The van der Waals surface area contributed by atoms with Crippen LogP contribution < -0.4 is 0 Å². The molecular weight excluding hydrogens is 324 g/mol. The van der Waals surface area contributed by atoms with Crippen molar-refractivity contribution in [1.82, 2.24) is 0 Å². The highest BCUT2D eigenvalue weighted by Gasteiger charge is 2.59. The summed E-state index contributed by atoms with van der Waals surface area (Å²) in [5.74, 6) is 6.15. The van der Waals surface area contributed by atoms with Crippen molar-refractivity contribution >= 4 is 0 Å². The van der Waals surface area contributed by atoms with E-state index < -0.39 is 0 Å². The second kappa shape index (κ2) is 7.53. The molecule has 0 bridgehead atoms. The van der Waals surface area contributed by atoms with Gasteiger partial charge in [-0.3, -0.25) is 0 Å². The second-order valence-electron chi connectivity index (χ2n) is 12.0. The number of allylic oxidation sites excluding steroid dienone is 2. The van der Waals surface area contributed by atoms with Crippen molar-refractivity contribution in [2.75, 3.05) is 0 Å². The maximum absolute atomic E-state index is 2.73. The molecule has 4 aliphatic rings. The van der Waals surface area contributed by atoms with Crippen LogP contribution in [-0.2, 0) is 0 Å². The van der Waals surface area contributed by atoms with Crippen LogP contribution >= 0.6 is 0 Å². The Labute approximate surface area is 170 Å². The van der Waals surface area contributed by atoms with Crippen molar-refractivity contribution < 1.29 is 0 Å². The summed E-state index contributed by atoms with van der Waals surface area (Å²) < 4.78 is 0. The number of rotatable bonds is 4. The summed E-state index contributed by atoms with van der Waals surface area (Å²) in [7, 11) is 0. The van der Waals surface area contributed by atoms with Crippen LogP contribution in [0.1, 0.15) is 112 Å². The minimum Gasteiger partial charge on any atom is -0.0859 e. The molecule has 0 saturated heterocycles. The van der Waals surface area contributed by atoms with E-state index in [1.807, 2.05) is 0 Å². The molecule has 0 aromatic heterocycles. The van der Waals surface area contributed by atoms with Gasteiger partial charge in [-0.05, 0) is 124 Å². The smallest absolute Gasteiger partial charge is 0.0264 e. The summed E-state index contributed by atoms with van der Waals surface area (Å²) in [6, 6.07) is 0. The van der Waals surface area contributed by atoms with Gasteiger partial charge >= 0.3 is 0 Å². The minimum atomic E-state index is 0.656. The van der Waals surface area contributed by atoms with E-state index in [1.165, 1.54) is 37.7 Å². The summed E-state index contributed by atoms with van der Waals surface area (Å²) >= 11 is 0. The molecule has 0 amide bonds. The average molecular weight is 371 g/mol. The molecule has 0 heteroatoms. The zero-order valence-electron chi connectivity index (χ0n) is 19.0. The summed E-state index contributed by atoms with van der Waals surface area (Å²) in [5, 5.41) is 0. The summed E-state index contributed by atoms with van der Waals surface area (Å²) in [4.78, 5) is 0. The number of hydrogen-bond acceptors (Lipinski definition) is 0. The fraction of sp³-hybridized carbons (Fsp3) is 0.926. The topological polar surface area (TPSA) is 0 Å². The van der Waals surface area contributed by atoms with E-state index >= 15 is 0 Å². The van der Waals surface area contributed by atoms with Gasteiger partial charge in [-0.15, -0.1) is 0 Å². The lowest BCUT2D eigenvalue weighted by Crippen LogP contribution is -2.53. The Hall–Kier alpha value is -0.260. The third kappa shape index (κ3) is 3.36. The molecule has 8 atom stereocenters. The van der Waals surface area contributed by atoms with E-state index in [4.69, 9.17) is 0 Å². The lowest BCUT2D eigenvalue weighted by Gasteiger charge is -2.61. The van der Waals surface area contributed by atoms with Crippen LogP contribution in [0.15, 0.2) is 11.6 Å². The molecule has 4 aliphatic carbocycles. The fourth-order valence-corrected chi connectivity index (χ4v) is 9.11. The summed E-state index contributed by atoms with van der Waals surface area (Å²) in [5.41, 5.74) is 2.86. The molecule has 4 saturated carbocycles. The van der Waals surface area contributed by atoms with E-state index in [2.05, 4.69) is 40.7 Å². The van der Waals surface area contributed by atoms with E-state index in [0.29, 0.717) is 10.8 Å². The molecule has 0 nitrogen and oxygen atoms in total. The van der Waals surface area contributed by atoms with Gasteiger partial charge < -0.3 is 0 Å². The molecule has 4 rings (SSSR count). The van der Waals surface area contributed by atoms with E-state index in [0.717, 1.165) is 35.5 Å². The van der Waals surface area contributed by atoms with Crippen molar-refractivity contribution in [2.24, 2.45) is 46.3 Å². The lowest BCUT2D eigenvalue weighted by atomic mass is 9.44. The van der Waals surface area contributed by atoms with Gasteiger partial charge in [0.1, 0.15) is 0 Å². The first-order valence-corrected chi connectivity index (χ1v) is 12.5. The van der Waals surface area contributed by atoms with Crippen LogP contribution in [0.25, 0.3) is 0 Å². The Morgan fingerprint density at radius 2 is 1.67 bits per heavy atom.